The van der Waals surface area contributed by atoms with E-state index in [9.17, 15) is 0 Å². The molecular weight excluding hydrogens is 164 g/mol. The van der Waals surface area contributed by atoms with Gasteiger partial charge in [-0.25, -0.2) is 0 Å². The van der Waals surface area contributed by atoms with Gasteiger partial charge in [0.05, 0.1) is 17.5 Å². The standard InChI is InChI=1S/C9H6N4/c10-5-9-7(6-12-13-9)8-3-1-2-4-11-8/h1-4,6H,(H,12,13). The number of hydrogen-bond donors (Lipinski definition) is 1. The fourth-order valence-corrected chi connectivity index (χ4v) is 1.09. The van der Waals surface area contributed by atoms with Crippen LogP contribution in [0, 0.1) is 11.3 Å². The van der Waals surface area contributed by atoms with Crippen LogP contribution in [0.4, 0.5) is 0 Å². The van der Waals surface area contributed by atoms with Crippen LogP contribution in [-0.2, 0) is 0 Å². The molecule has 2 aromatic heterocycles. The average molecular weight is 170 g/mol. The molecule has 0 spiro atoms. The van der Waals surface area contributed by atoms with Gasteiger partial charge in [0.1, 0.15) is 11.8 Å². The number of pyridine rings is 1. The third kappa shape index (κ3) is 1.27. The molecule has 4 nitrogen and oxygen atoms in total. The van der Waals surface area contributed by atoms with Gasteiger partial charge in [-0.05, 0) is 12.1 Å². The Kier molecular flexibility index (Phi) is 1.77. The molecule has 0 atom stereocenters. The zero-order chi connectivity index (χ0) is 9.10. The molecule has 0 radical (unpaired) electrons. The van der Waals surface area contributed by atoms with Gasteiger partial charge in [0.15, 0.2) is 0 Å². The monoisotopic (exact) mass is 170 g/mol. The van der Waals surface area contributed by atoms with Crippen molar-refractivity contribution in [2.75, 3.05) is 0 Å². The van der Waals surface area contributed by atoms with Crippen molar-refractivity contribution in [2.45, 2.75) is 0 Å². The van der Waals surface area contributed by atoms with Crippen LogP contribution in [0.15, 0.2) is 30.6 Å². The second-order valence-corrected chi connectivity index (χ2v) is 2.49. The van der Waals surface area contributed by atoms with Crippen LogP contribution in [0.5, 0.6) is 0 Å². The molecule has 0 saturated carbocycles. The van der Waals surface area contributed by atoms with Gasteiger partial charge in [-0.15, -0.1) is 0 Å². The van der Waals surface area contributed by atoms with Crippen molar-refractivity contribution in [2.24, 2.45) is 0 Å². The van der Waals surface area contributed by atoms with Crippen LogP contribution >= 0.6 is 0 Å². The van der Waals surface area contributed by atoms with Gasteiger partial charge in [0, 0.05) is 6.20 Å². The number of rotatable bonds is 1. The molecule has 0 aromatic carbocycles. The summed E-state index contributed by atoms with van der Waals surface area (Å²) in [6, 6.07) is 7.56. The number of aromatic amines is 1. The zero-order valence-corrected chi connectivity index (χ0v) is 6.73. The molecule has 2 rings (SSSR count). The largest absolute Gasteiger partial charge is 0.267 e. The summed E-state index contributed by atoms with van der Waals surface area (Å²) in [5.74, 6) is 0. The van der Waals surface area contributed by atoms with Gasteiger partial charge in [0.2, 0.25) is 0 Å². The normalized spacial score (nSPS) is 9.46. The summed E-state index contributed by atoms with van der Waals surface area (Å²) in [5, 5.41) is 15.1. The molecule has 0 bridgehead atoms. The van der Waals surface area contributed by atoms with Crippen LogP contribution < -0.4 is 0 Å². The van der Waals surface area contributed by atoms with E-state index in [4.69, 9.17) is 5.26 Å². The van der Waals surface area contributed by atoms with Gasteiger partial charge in [-0.1, -0.05) is 6.07 Å². The van der Waals surface area contributed by atoms with Crippen LogP contribution in [0.1, 0.15) is 5.69 Å². The van der Waals surface area contributed by atoms with E-state index >= 15 is 0 Å². The second-order valence-electron chi connectivity index (χ2n) is 2.49. The number of nitrogens with one attached hydrogen (secondary N) is 1. The van der Waals surface area contributed by atoms with E-state index in [-0.39, 0.29) is 0 Å². The van der Waals surface area contributed by atoms with Crippen LogP contribution in [0.2, 0.25) is 0 Å². The van der Waals surface area contributed by atoms with Crippen molar-refractivity contribution in [1.29, 1.82) is 5.26 Å². The summed E-state index contributed by atoms with van der Waals surface area (Å²) in [5.41, 5.74) is 1.94. The molecular formula is C9H6N4. The predicted octanol–water partition coefficient (Wildman–Crippen LogP) is 1.34. The molecule has 0 aliphatic heterocycles. The van der Waals surface area contributed by atoms with E-state index in [1.807, 2.05) is 24.3 Å². The van der Waals surface area contributed by atoms with Gasteiger partial charge in [-0.2, -0.15) is 10.4 Å². The van der Waals surface area contributed by atoms with E-state index in [1.54, 1.807) is 12.4 Å². The fourth-order valence-electron chi connectivity index (χ4n) is 1.09. The highest BCUT2D eigenvalue weighted by Gasteiger charge is 2.06. The summed E-state index contributed by atoms with van der Waals surface area (Å²) in [6.07, 6.45) is 3.28. The van der Waals surface area contributed by atoms with E-state index in [0.717, 1.165) is 11.3 Å². The number of aromatic nitrogens is 3. The Morgan fingerprint density at radius 2 is 2.31 bits per heavy atom. The molecule has 2 heterocycles. The molecule has 0 fully saturated rings. The highest BCUT2D eigenvalue weighted by atomic mass is 15.1. The molecule has 0 unspecified atom stereocenters. The minimum Gasteiger partial charge on any atom is -0.267 e. The summed E-state index contributed by atoms with van der Waals surface area (Å²) in [6.45, 7) is 0. The van der Waals surface area contributed by atoms with E-state index < -0.39 is 0 Å². The summed E-state index contributed by atoms with van der Waals surface area (Å²) < 4.78 is 0. The van der Waals surface area contributed by atoms with Crippen molar-refractivity contribution in [3.63, 3.8) is 0 Å². The number of hydrogen-bond acceptors (Lipinski definition) is 3. The Balaban J connectivity index is 2.54. The molecule has 1 N–H and O–H groups in total. The number of nitriles is 1. The first kappa shape index (κ1) is 7.50. The topological polar surface area (TPSA) is 65.4 Å². The van der Waals surface area contributed by atoms with Gasteiger partial charge >= 0.3 is 0 Å². The van der Waals surface area contributed by atoms with Gasteiger partial charge in [-0.3, -0.25) is 10.1 Å². The lowest BCUT2D eigenvalue weighted by Gasteiger charge is -1.94. The van der Waals surface area contributed by atoms with Gasteiger partial charge < -0.3 is 0 Å². The maximum Gasteiger partial charge on any atom is 0.144 e. The second kappa shape index (κ2) is 3.07. The molecule has 0 aliphatic carbocycles. The molecule has 13 heavy (non-hydrogen) atoms. The Labute approximate surface area is 74.9 Å². The van der Waals surface area contributed by atoms with Crippen molar-refractivity contribution in [1.82, 2.24) is 15.2 Å². The number of nitrogens with zero attached hydrogens (tertiary/aromatic N) is 3. The minimum atomic E-state index is 0.443. The minimum absolute atomic E-state index is 0.443. The lowest BCUT2D eigenvalue weighted by atomic mass is 10.2. The first-order valence-electron chi connectivity index (χ1n) is 3.76. The smallest absolute Gasteiger partial charge is 0.144 e. The highest BCUT2D eigenvalue weighted by molar-refractivity contribution is 5.63. The first-order valence-corrected chi connectivity index (χ1v) is 3.76. The summed E-state index contributed by atoms with van der Waals surface area (Å²) in [4.78, 5) is 4.12. The zero-order valence-electron chi connectivity index (χ0n) is 6.73. The van der Waals surface area contributed by atoms with E-state index in [2.05, 4.69) is 15.2 Å². The predicted molar refractivity (Wildman–Crippen MR) is 46.5 cm³/mol. The summed E-state index contributed by atoms with van der Waals surface area (Å²) >= 11 is 0. The summed E-state index contributed by atoms with van der Waals surface area (Å²) in [7, 11) is 0. The molecule has 0 aliphatic rings. The SMILES string of the molecule is N#Cc1[nH]ncc1-c1ccccn1. The van der Waals surface area contributed by atoms with Crippen molar-refractivity contribution in [3.05, 3.63) is 36.3 Å². The quantitative estimate of drug-likeness (QED) is 0.702. The van der Waals surface area contributed by atoms with Crippen molar-refractivity contribution in [3.8, 4) is 17.3 Å². The third-order valence-corrected chi connectivity index (χ3v) is 1.69. The fraction of sp³-hybridized carbons (Fsp3) is 0. The average Bonchev–Trinajstić information content (AvgIpc) is 2.67. The molecule has 0 saturated heterocycles. The van der Waals surface area contributed by atoms with E-state index in [0.29, 0.717) is 5.69 Å². The lowest BCUT2D eigenvalue weighted by molar-refractivity contribution is 1.07. The lowest BCUT2D eigenvalue weighted by Crippen LogP contribution is -1.82. The Morgan fingerprint density at radius 3 is 3.00 bits per heavy atom. The molecule has 0 amide bonds. The maximum absolute atomic E-state index is 8.72. The van der Waals surface area contributed by atoms with Crippen LogP contribution in [0.3, 0.4) is 0 Å². The molecule has 4 heteroatoms. The highest BCUT2D eigenvalue weighted by Crippen LogP contribution is 2.17. The molecule has 62 valence electrons. The van der Waals surface area contributed by atoms with Crippen molar-refractivity contribution >= 4 is 0 Å². The van der Waals surface area contributed by atoms with Crippen molar-refractivity contribution < 1.29 is 0 Å². The molecule has 2 aromatic rings. The Bertz CT molecular complexity index is 438. The maximum atomic E-state index is 8.72. The van der Waals surface area contributed by atoms with Crippen LogP contribution in [-0.4, -0.2) is 15.2 Å². The Morgan fingerprint density at radius 1 is 1.38 bits per heavy atom. The van der Waals surface area contributed by atoms with E-state index in [1.165, 1.54) is 0 Å². The third-order valence-electron chi connectivity index (χ3n) is 1.69. The number of H-pyrrole nitrogens is 1. The van der Waals surface area contributed by atoms with Crippen LogP contribution in [0.25, 0.3) is 11.3 Å². The Hall–Kier alpha value is -2.15. The van der Waals surface area contributed by atoms with Gasteiger partial charge in [0.25, 0.3) is 0 Å². The first-order chi connectivity index (χ1) is 6.42.